The second-order valence-electron chi connectivity index (χ2n) is 6.76. The first-order valence-corrected chi connectivity index (χ1v) is 9.38. The van der Waals surface area contributed by atoms with Crippen LogP contribution in [0.5, 0.6) is 17.4 Å². The van der Waals surface area contributed by atoms with E-state index in [9.17, 15) is 4.79 Å². The number of hydrogen-bond acceptors (Lipinski definition) is 6. The summed E-state index contributed by atoms with van der Waals surface area (Å²) in [6, 6.07) is 18.5. The number of likely N-dealkylation sites (N-methyl/N-ethyl adjacent to an activating group) is 1. The van der Waals surface area contributed by atoms with Crippen molar-refractivity contribution >= 4 is 16.8 Å². The van der Waals surface area contributed by atoms with Crippen molar-refractivity contribution in [2.24, 2.45) is 0 Å². The highest BCUT2D eigenvalue weighted by Gasteiger charge is 2.14. The van der Waals surface area contributed by atoms with E-state index in [-0.39, 0.29) is 12.5 Å². The van der Waals surface area contributed by atoms with Crippen LogP contribution in [0.3, 0.4) is 0 Å². The Bertz CT molecular complexity index is 1170. The molecule has 0 aliphatic rings. The maximum absolute atomic E-state index is 11.8. The zero-order chi connectivity index (χ0) is 20.9. The lowest BCUT2D eigenvalue weighted by molar-refractivity contribution is -0.130. The van der Waals surface area contributed by atoms with Gasteiger partial charge < -0.3 is 14.4 Å². The molecule has 4 aromatic rings. The summed E-state index contributed by atoms with van der Waals surface area (Å²) >= 11 is 0. The molecule has 7 heteroatoms. The number of rotatable bonds is 6. The van der Waals surface area contributed by atoms with Gasteiger partial charge in [0.2, 0.25) is 5.88 Å². The van der Waals surface area contributed by atoms with Gasteiger partial charge in [0.05, 0.1) is 10.9 Å². The number of nitrogens with zero attached hydrogens (tertiary/aromatic N) is 4. The summed E-state index contributed by atoms with van der Waals surface area (Å²) in [6.45, 7) is -0.0536. The molecule has 150 valence electrons. The Labute approximate surface area is 173 Å². The van der Waals surface area contributed by atoms with E-state index in [4.69, 9.17) is 9.47 Å². The first-order valence-electron chi connectivity index (χ1n) is 9.38. The van der Waals surface area contributed by atoms with Crippen molar-refractivity contribution in [1.29, 1.82) is 0 Å². The highest BCUT2D eigenvalue weighted by molar-refractivity contribution is 5.87. The van der Waals surface area contributed by atoms with Gasteiger partial charge in [0, 0.05) is 32.1 Å². The Hall–Kier alpha value is -4.00. The number of hydrogen-bond donors (Lipinski definition) is 0. The van der Waals surface area contributed by atoms with Gasteiger partial charge in [-0.25, -0.2) is 4.98 Å². The molecule has 7 nitrogen and oxygen atoms in total. The topological polar surface area (TPSA) is 77.4 Å². The Morgan fingerprint density at radius 1 is 0.967 bits per heavy atom. The molecule has 0 fully saturated rings. The molecular weight excluding hydrogens is 380 g/mol. The van der Waals surface area contributed by atoms with Crippen molar-refractivity contribution in [2.75, 3.05) is 20.7 Å². The molecule has 0 N–H and O–H groups in total. The number of ether oxygens (including phenoxy) is 2. The van der Waals surface area contributed by atoms with Crippen molar-refractivity contribution in [1.82, 2.24) is 19.9 Å². The standard InChI is InChI=1S/C23H20N4O3/c1-27(2)21(28)15-29-18-10-11-20-19(13-18)23(30-17-8-4-3-5-9-17)26-22(25-20)16-7-6-12-24-14-16/h3-14H,15H2,1-2H3. The minimum absolute atomic E-state index is 0.0536. The fourth-order valence-corrected chi connectivity index (χ4v) is 2.75. The van der Waals surface area contributed by atoms with Gasteiger partial charge in [0.25, 0.3) is 5.91 Å². The number of carbonyl (C=O) groups excluding carboxylic acids is 1. The quantitative estimate of drug-likeness (QED) is 0.488. The predicted octanol–water partition coefficient (Wildman–Crippen LogP) is 3.95. The number of amides is 1. The first-order chi connectivity index (χ1) is 14.6. The molecule has 0 spiro atoms. The first kappa shape index (κ1) is 19.3. The van der Waals surface area contributed by atoms with Gasteiger partial charge in [-0.3, -0.25) is 9.78 Å². The second kappa shape index (κ2) is 8.57. The van der Waals surface area contributed by atoms with Crippen molar-refractivity contribution in [3.63, 3.8) is 0 Å². The van der Waals surface area contributed by atoms with Crippen LogP contribution in [0.2, 0.25) is 0 Å². The third kappa shape index (κ3) is 4.35. The molecule has 2 aromatic carbocycles. The van der Waals surface area contributed by atoms with Crippen LogP contribution in [-0.2, 0) is 4.79 Å². The maximum atomic E-state index is 11.8. The van der Waals surface area contributed by atoms with Gasteiger partial charge in [-0.1, -0.05) is 18.2 Å². The molecule has 0 aliphatic heterocycles. The van der Waals surface area contributed by atoms with Crippen LogP contribution in [-0.4, -0.2) is 46.5 Å². The maximum Gasteiger partial charge on any atom is 0.259 e. The monoisotopic (exact) mass is 400 g/mol. The smallest absolute Gasteiger partial charge is 0.259 e. The minimum Gasteiger partial charge on any atom is -0.484 e. The molecule has 30 heavy (non-hydrogen) atoms. The van der Waals surface area contributed by atoms with Gasteiger partial charge in [0.15, 0.2) is 12.4 Å². The summed E-state index contributed by atoms with van der Waals surface area (Å²) in [6.07, 6.45) is 3.41. The number of carbonyl (C=O) groups is 1. The zero-order valence-corrected chi connectivity index (χ0v) is 16.6. The predicted molar refractivity (Wildman–Crippen MR) is 113 cm³/mol. The molecule has 0 aliphatic carbocycles. The fraction of sp³-hybridized carbons (Fsp3) is 0.130. The SMILES string of the molecule is CN(C)C(=O)COc1ccc2nc(-c3cccnc3)nc(Oc3ccccc3)c2c1. The number of aromatic nitrogens is 3. The van der Waals surface area contributed by atoms with E-state index in [1.165, 1.54) is 4.90 Å². The molecule has 0 unspecified atom stereocenters. The summed E-state index contributed by atoms with van der Waals surface area (Å²) in [5.74, 6) is 1.98. The molecule has 4 rings (SSSR count). The number of benzene rings is 2. The highest BCUT2D eigenvalue weighted by atomic mass is 16.5. The van der Waals surface area contributed by atoms with Crippen LogP contribution >= 0.6 is 0 Å². The van der Waals surface area contributed by atoms with E-state index in [1.54, 1.807) is 38.6 Å². The normalized spacial score (nSPS) is 10.6. The van der Waals surface area contributed by atoms with Crippen LogP contribution < -0.4 is 9.47 Å². The van der Waals surface area contributed by atoms with Crippen LogP contribution in [0.15, 0.2) is 73.1 Å². The van der Waals surface area contributed by atoms with E-state index in [0.717, 1.165) is 5.56 Å². The number of para-hydroxylation sites is 1. The molecule has 1 amide bonds. The average molecular weight is 400 g/mol. The van der Waals surface area contributed by atoms with Crippen LogP contribution in [0.25, 0.3) is 22.3 Å². The van der Waals surface area contributed by atoms with Gasteiger partial charge in [-0.2, -0.15) is 4.98 Å². The largest absolute Gasteiger partial charge is 0.484 e. The van der Waals surface area contributed by atoms with E-state index < -0.39 is 0 Å². The summed E-state index contributed by atoms with van der Waals surface area (Å²) in [4.78, 5) is 26.7. The van der Waals surface area contributed by atoms with Crippen molar-refractivity contribution < 1.29 is 14.3 Å². The van der Waals surface area contributed by atoms with Crippen molar-refractivity contribution in [2.45, 2.75) is 0 Å². The molecule has 0 atom stereocenters. The number of fused-ring (bicyclic) bond motifs is 1. The van der Waals surface area contributed by atoms with Crippen molar-refractivity contribution in [3.05, 3.63) is 73.1 Å². The summed E-state index contributed by atoms with van der Waals surface area (Å²) in [7, 11) is 3.37. The second-order valence-corrected chi connectivity index (χ2v) is 6.76. The van der Waals surface area contributed by atoms with Crippen LogP contribution in [0.4, 0.5) is 0 Å². The molecule has 0 saturated carbocycles. The lowest BCUT2D eigenvalue weighted by Crippen LogP contribution is -2.27. The van der Waals surface area contributed by atoms with E-state index in [0.29, 0.717) is 34.1 Å². The zero-order valence-electron chi connectivity index (χ0n) is 16.6. The van der Waals surface area contributed by atoms with Crippen LogP contribution in [0, 0.1) is 0 Å². The Morgan fingerprint density at radius 2 is 1.80 bits per heavy atom. The Morgan fingerprint density at radius 3 is 2.53 bits per heavy atom. The van der Waals surface area contributed by atoms with Gasteiger partial charge in [0.1, 0.15) is 11.5 Å². The molecule has 2 heterocycles. The van der Waals surface area contributed by atoms with Crippen molar-refractivity contribution in [3.8, 4) is 28.8 Å². The molecular formula is C23H20N4O3. The summed E-state index contributed by atoms with van der Waals surface area (Å²) in [5, 5.41) is 0.682. The third-order valence-electron chi connectivity index (χ3n) is 4.37. The Balaban J connectivity index is 1.75. The number of pyridine rings is 1. The van der Waals surface area contributed by atoms with E-state index in [2.05, 4.69) is 15.0 Å². The lowest BCUT2D eigenvalue weighted by atomic mass is 10.2. The van der Waals surface area contributed by atoms with Gasteiger partial charge >= 0.3 is 0 Å². The molecule has 0 bridgehead atoms. The highest BCUT2D eigenvalue weighted by Crippen LogP contribution is 2.32. The summed E-state index contributed by atoms with van der Waals surface area (Å²) in [5.41, 5.74) is 1.48. The van der Waals surface area contributed by atoms with Gasteiger partial charge in [-0.15, -0.1) is 0 Å². The fourth-order valence-electron chi connectivity index (χ4n) is 2.75. The average Bonchev–Trinajstić information content (AvgIpc) is 2.78. The molecule has 0 saturated heterocycles. The molecule has 0 radical (unpaired) electrons. The Kier molecular flexibility index (Phi) is 5.52. The van der Waals surface area contributed by atoms with Gasteiger partial charge in [-0.05, 0) is 42.5 Å². The third-order valence-corrected chi connectivity index (χ3v) is 4.37. The minimum atomic E-state index is -0.126. The summed E-state index contributed by atoms with van der Waals surface area (Å²) < 4.78 is 11.7. The van der Waals surface area contributed by atoms with Crippen LogP contribution in [0.1, 0.15) is 0 Å². The van der Waals surface area contributed by atoms with E-state index >= 15 is 0 Å². The van der Waals surface area contributed by atoms with E-state index in [1.807, 2.05) is 48.5 Å². The molecule has 2 aromatic heterocycles. The lowest BCUT2D eigenvalue weighted by Gasteiger charge is -2.13.